The fraction of sp³-hybridized carbons (Fsp3) is 0.471. The number of carbonyl (C=O) groups excluding carboxylic acids is 1. The summed E-state index contributed by atoms with van der Waals surface area (Å²) >= 11 is 7.98. The molecule has 1 aliphatic carbocycles. The van der Waals surface area contributed by atoms with E-state index in [4.69, 9.17) is 11.6 Å². The zero-order valence-corrected chi connectivity index (χ0v) is 14.0. The molecule has 21 heavy (non-hydrogen) atoms. The second kappa shape index (κ2) is 5.98. The molecule has 4 heteroatoms. The first-order valence-corrected chi connectivity index (χ1v) is 8.78. The Hall–Kier alpha value is -1.06. The molecule has 1 amide bonds. The van der Waals surface area contributed by atoms with Crippen LogP contribution in [0.4, 0.5) is 0 Å². The molecule has 1 saturated carbocycles. The van der Waals surface area contributed by atoms with Gasteiger partial charge in [-0.3, -0.25) is 4.79 Å². The minimum Gasteiger partial charge on any atom is -0.332 e. The molecule has 1 aromatic heterocycles. The van der Waals surface area contributed by atoms with Crippen molar-refractivity contribution in [3.05, 3.63) is 34.2 Å². The number of fused-ring (bicyclic) bond motifs is 1. The van der Waals surface area contributed by atoms with Gasteiger partial charge in [0.05, 0.1) is 5.02 Å². The van der Waals surface area contributed by atoms with E-state index in [2.05, 4.69) is 13.8 Å². The molecular formula is C17H20ClNOS. The lowest BCUT2D eigenvalue weighted by molar-refractivity contribution is 0.0619. The van der Waals surface area contributed by atoms with Crippen LogP contribution < -0.4 is 0 Å². The van der Waals surface area contributed by atoms with Gasteiger partial charge < -0.3 is 4.90 Å². The van der Waals surface area contributed by atoms with E-state index >= 15 is 0 Å². The maximum absolute atomic E-state index is 13.0. The van der Waals surface area contributed by atoms with E-state index in [0.29, 0.717) is 15.9 Å². The van der Waals surface area contributed by atoms with Crippen LogP contribution in [-0.4, -0.2) is 22.9 Å². The molecule has 0 unspecified atom stereocenters. The fourth-order valence-corrected chi connectivity index (χ4v) is 4.73. The van der Waals surface area contributed by atoms with Crippen LogP contribution in [0.3, 0.4) is 0 Å². The zero-order chi connectivity index (χ0) is 15.0. The topological polar surface area (TPSA) is 20.3 Å². The first-order valence-electron chi connectivity index (χ1n) is 7.59. The molecule has 0 N–H and O–H groups in total. The van der Waals surface area contributed by atoms with E-state index in [1.165, 1.54) is 24.2 Å². The number of carbonyl (C=O) groups is 1. The third kappa shape index (κ3) is 2.69. The zero-order valence-electron chi connectivity index (χ0n) is 12.4. The summed E-state index contributed by atoms with van der Waals surface area (Å²) in [7, 11) is 0. The van der Waals surface area contributed by atoms with Gasteiger partial charge in [0.25, 0.3) is 5.91 Å². The van der Waals surface area contributed by atoms with Gasteiger partial charge in [-0.1, -0.05) is 42.6 Å². The summed E-state index contributed by atoms with van der Waals surface area (Å²) in [6.45, 7) is 4.19. The molecule has 3 rings (SSSR count). The number of thiophene rings is 1. The monoisotopic (exact) mass is 321 g/mol. The van der Waals surface area contributed by atoms with Crippen LogP contribution in [0.1, 0.15) is 49.2 Å². The van der Waals surface area contributed by atoms with Gasteiger partial charge in [0.1, 0.15) is 4.88 Å². The number of nitrogens with zero attached hydrogens (tertiary/aromatic N) is 1. The standard InChI is InChI=1S/C17H20ClNOS/c1-11(2)19(12-7-3-4-8-12)17(20)16-15(18)13-9-5-6-10-14(13)21-16/h5-6,9-12H,3-4,7-8H2,1-2H3. The van der Waals surface area contributed by atoms with E-state index < -0.39 is 0 Å². The highest BCUT2D eigenvalue weighted by atomic mass is 35.5. The Morgan fingerprint density at radius 1 is 1.29 bits per heavy atom. The molecule has 0 saturated heterocycles. The summed E-state index contributed by atoms with van der Waals surface area (Å²) in [5.74, 6) is 0.100. The fourth-order valence-electron chi connectivity index (χ4n) is 3.27. The van der Waals surface area contributed by atoms with Crippen LogP contribution in [0, 0.1) is 0 Å². The van der Waals surface area contributed by atoms with Crippen molar-refractivity contribution in [1.82, 2.24) is 4.90 Å². The van der Waals surface area contributed by atoms with Crippen molar-refractivity contribution in [2.24, 2.45) is 0 Å². The van der Waals surface area contributed by atoms with Crippen LogP contribution in [0.15, 0.2) is 24.3 Å². The molecule has 0 bridgehead atoms. The number of rotatable bonds is 3. The van der Waals surface area contributed by atoms with E-state index in [9.17, 15) is 4.79 Å². The lowest BCUT2D eigenvalue weighted by Gasteiger charge is -2.32. The SMILES string of the molecule is CC(C)N(C(=O)c1sc2ccccc2c1Cl)C1CCCC1. The first-order chi connectivity index (χ1) is 10.1. The van der Waals surface area contributed by atoms with E-state index in [-0.39, 0.29) is 11.9 Å². The Morgan fingerprint density at radius 3 is 2.57 bits per heavy atom. The van der Waals surface area contributed by atoms with Crippen molar-refractivity contribution in [3.63, 3.8) is 0 Å². The van der Waals surface area contributed by atoms with Gasteiger partial charge in [0, 0.05) is 22.2 Å². The van der Waals surface area contributed by atoms with Gasteiger partial charge in [-0.25, -0.2) is 0 Å². The lowest BCUT2D eigenvalue weighted by atomic mass is 10.1. The predicted molar refractivity (Wildman–Crippen MR) is 90.4 cm³/mol. The predicted octanol–water partition coefficient (Wildman–Crippen LogP) is 5.35. The number of halogens is 1. The normalized spacial score (nSPS) is 16.0. The van der Waals surface area contributed by atoms with Crippen LogP contribution in [0.5, 0.6) is 0 Å². The number of benzene rings is 1. The maximum atomic E-state index is 13.0. The highest BCUT2D eigenvalue weighted by Crippen LogP contribution is 2.37. The Kier molecular flexibility index (Phi) is 4.23. The molecule has 0 aliphatic heterocycles. The second-order valence-corrected chi connectivity index (χ2v) is 7.42. The Bertz CT molecular complexity index is 658. The van der Waals surface area contributed by atoms with E-state index in [1.54, 1.807) is 0 Å². The number of amides is 1. The summed E-state index contributed by atoms with van der Waals surface area (Å²) in [6.07, 6.45) is 4.68. The average molecular weight is 322 g/mol. The van der Waals surface area contributed by atoms with Crippen molar-refractivity contribution in [2.75, 3.05) is 0 Å². The summed E-state index contributed by atoms with van der Waals surface area (Å²) < 4.78 is 1.08. The van der Waals surface area contributed by atoms with E-state index in [1.807, 2.05) is 29.2 Å². The van der Waals surface area contributed by atoms with Crippen molar-refractivity contribution >= 4 is 38.9 Å². The molecule has 0 atom stereocenters. The van der Waals surface area contributed by atoms with Gasteiger partial charge in [-0.15, -0.1) is 11.3 Å². The quantitative estimate of drug-likeness (QED) is 0.746. The molecule has 112 valence electrons. The van der Waals surface area contributed by atoms with E-state index in [0.717, 1.165) is 22.9 Å². The Labute approximate surface area is 134 Å². The molecule has 0 radical (unpaired) electrons. The number of hydrogen-bond acceptors (Lipinski definition) is 2. The van der Waals surface area contributed by atoms with Gasteiger partial charge in [0.15, 0.2) is 0 Å². The molecular weight excluding hydrogens is 302 g/mol. The van der Waals surface area contributed by atoms with Crippen LogP contribution in [0.2, 0.25) is 5.02 Å². The van der Waals surface area contributed by atoms with Crippen LogP contribution in [0.25, 0.3) is 10.1 Å². The Balaban J connectivity index is 1.99. The summed E-state index contributed by atoms with van der Waals surface area (Å²) in [6, 6.07) is 8.55. The van der Waals surface area contributed by atoms with Crippen LogP contribution in [-0.2, 0) is 0 Å². The van der Waals surface area contributed by atoms with Crippen molar-refractivity contribution in [3.8, 4) is 0 Å². The molecule has 2 aromatic rings. The third-order valence-corrected chi connectivity index (χ3v) is 5.90. The summed E-state index contributed by atoms with van der Waals surface area (Å²) in [5.41, 5.74) is 0. The molecule has 2 nitrogen and oxygen atoms in total. The first kappa shape index (κ1) is 14.9. The van der Waals surface area contributed by atoms with Crippen LogP contribution >= 0.6 is 22.9 Å². The molecule has 1 aliphatic rings. The highest BCUT2D eigenvalue weighted by Gasteiger charge is 2.31. The largest absolute Gasteiger partial charge is 0.332 e. The minimum atomic E-state index is 0.100. The smallest absolute Gasteiger partial charge is 0.265 e. The molecule has 1 fully saturated rings. The third-order valence-electron chi connectivity index (χ3n) is 4.24. The van der Waals surface area contributed by atoms with Crippen molar-refractivity contribution in [2.45, 2.75) is 51.6 Å². The summed E-state index contributed by atoms with van der Waals surface area (Å²) in [5, 5.41) is 1.60. The molecule has 1 aromatic carbocycles. The Morgan fingerprint density at radius 2 is 1.95 bits per heavy atom. The maximum Gasteiger partial charge on any atom is 0.265 e. The van der Waals surface area contributed by atoms with Crippen molar-refractivity contribution < 1.29 is 4.79 Å². The second-order valence-electron chi connectivity index (χ2n) is 5.99. The van der Waals surface area contributed by atoms with Gasteiger partial charge in [0.2, 0.25) is 0 Å². The minimum absolute atomic E-state index is 0.100. The van der Waals surface area contributed by atoms with Gasteiger partial charge >= 0.3 is 0 Å². The highest BCUT2D eigenvalue weighted by molar-refractivity contribution is 7.21. The lowest BCUT2D eigenvalue weighted by Crippen LogP contribution is -2.43. The van der Waals surface area contributed by atoms with Gasteiger partial charge in [-0.2, -0.15) is 0 Å². The average Bonchev–Trinajstić information content (AvgIpc) is 3.08. The molecule has 0 spiro atoms. The number of hydrogen-bond donors (Lipinski definition) is 0. The molecule has 1 heterocycles. The van der Waals surface area contributed by atoms with Crippen molar-refractivity contribution in [1.29, 1.82) is 0 Å². The summed E-state index contributed by atoms with van der Waals surface area (Å²) in [4.78, 5) is 15.8. The van der Waals surface area contributed by atoms with Gasteiger partial charge in [-0.05, 0) is 32.8 Å².